The van der Waals surface area contributed by atoms with E-state index in [-0.39, 0.29) is 23.3 Å². The van der Waals surface area contributed by atoms with Gasteiger partial charge in [-0.05, 0) is 17.7 Å². The van der Waals surface area contributed by atoms with E-state index in [4.69, 9.17) is 10.5 Å². The molecule has 9 heteroatoms. The number of nitro groups is 1. The second-order valence-corrected chi connectivity index (χ2v) is 6.03. The average Bonchev–Trinajstić information content (AvgIpc) is 2.68. The third kappa shape index (κ3) is 4.09. The number of nitrogens with one attached hydrogen (secondary N) is 1. The first-order valence-corrected chi connectivity index (χ1v) is 8.46. The molecule has 0 unspecified atom stereocenters. The molecule has 0 amide bonds. The fraction of sp³-hybridized carbons (Fsp3) is 0.158. The second kappa shape index (κ2) is 8.21. The lowest BCUT2D eigenvalue weighted by atomic mass is 10.2. The molecule has 0 saturated carbocycles. The van der Waals surface area contributed by atoms with Gasteiger partial charge in [-0.3, -0.25) is 10.1 Å². The number of nitrogens with two attached hydrogens (primary N) is 1. The quantitative estimate of drug-likeness (QED) is 0.473. The molecule has 3 rings (SSSR count). The minimum absolute atomic E-state index is 0.00286. The van der Waals surface area contributed by atoms with E-state index < -0.39 is 4.92 Å². The van der Waals surface area contributed by atoms with E-state index in [1.54, 1.807) is 36.2 Å². The van der Waals surface area contributed by atoms with Crippen LogP contribution in [0.1, 0.15) is 5.56 Å². The average molecular weight is 380 g/mol. The summed E-state index contributed by atoms with van der Waals surface area (Å²) in [6.45, 7) is 0.520. The topological polar surface area (TPSA) is 119 Å². The molecule has 1 aromatic heterocycles. The third-order valence-electron chi connectivity index (χ3n) is 4.05. The van der Waals surface area contributed by atoms with Gasteiger partial charge in [0.2, 0.25) is 17.6 Å². The Kier molecular flexibility index (Phi) is 5.54. The van der Waals surface area contributed by atoms with Gasteiger partial charge < -0.3 is 20.7 Å². The Morgan fingerprint density at radius 3 is 2.50 bits per heavy atom. The molecule has 9 nitrogen and oxygen atoms in total. The number of anilines is 4. The summed E-state index contributed by atoms with van der Waals surface area (Å²) in [5.74, 6) is 0.571. The molecule has 3 aromatic rings. The maximum atomic E-state index is 11.5. The lowest BCUT2D eigenvalue weighted by Crippen LogP contribution is -2.20. The van der Waals surface area contributed by atoms with Crippen LogP contribution in [0.5, 0.6) is 5.75 Å². The number of nitrogen functional groups attached to an aromatic ring is 1. The van der Waals surface area contributed by atoms with E-state index >= 15 is 0 Å². The largest absolute Gasteiger partial charge is 0.495 e. The van der Waals surface area contributed by atoms with E-state index in [9.17, 15) is 10.1 Å². The summed E-state index contributed by atoms with van der Waals surface area (Å²) in [4.78, 5) is 21.1. The van der Waals surface area contributed by atoms with Crippen LogP contribution in [-0.2, 0) is 6.54 Å². The minimum atomic E-state index is -0.603. The van der Waals surface area contributed by atoms with Crippen LogP contribution in [0.4, 0.5) is 29.0 Å². The van der Waals surface area contributed by atoms with Crippen molar-refractivity contribution in [1.82, 2.24) is 9.97 Å². The molecule has 0 spiro atoms. The van der Waals surface area contributed by atoms with Crippen molar-refractivity contribution in [3.05, 3.63) is 70.3 Å². The monoisotopic (exact) mass is 380 g/mol. The number of para-hydroxylation sites is 2. The highest BCUT2D eigenvalue weighted by molar-refractivity contribution is 5.76. The number of methoxy groups -OCH3 is 1. The summed E-state index contributed by atoms with van der Waals surface area (Å²) in [7, 11) is 3.31. The van der Waals surface area contributed by atoms with Gasteiger partial charge in [-0.25, -0.2) is 0 Å². The molecule has 0 aliphatic heterocycles. The maximum Gasteiger partial charge on any atom is 0.353 e. The predicted molar refractivity (Wildman–Crippen MR) is 108 cm³/mol. The molecule has 3 N–H and O–H groups in total. The SMILES string of the molecule is COc1ccccc1Nc1nc(N(C)Cc2ccccc2)nc(N)c1[N+](=O)[O-]. The Morgan fingerprint density at radius 2 is 1.82 bits per heavy atom. The summed E-state index contributed by atoms with van der Waals surface area (Å²) < 4.78 is 5.29. The number of benzene rings is 2. The molecule has 0 aliphatic carbocycles. The van der Waals surface area contributed by atoms with Gasteiger partial charge in [-0.15, -0.1) is 0 Å². The van der Waals surface area contributed by atoms with Gasteiger partial charge in [0, 0.05) is 13.6 Å². The van der Waals surface area contributed by atoms with Crippen LogP contribution in [0.15, 0.2) is 54.6 Å². The molecular weight excluding hydrogens is 360 g/mol. The zero-order valence-electron chi connectivity index (χ0n) is 15.5. The first kappa shape index (κ1) is 18.9. The van der Waals surface area contributed by atoms with Crippen LogP contribution in [-0.4, -0.2) is 29.0 Å². The van der Waals surface area contributed by atoms with Gasteiger partial charge in [0.15, 0.2) is 0 Å². The van der Waals surface area contributed by atoms with Crippen LogP contribution in [0.25, 0.3) is 0 Å². The van der Waals surface area contributed by atoms with Crippen molar-refractivity contribution >= 4 is 29.0 Å². The second-order valence-electron chi connectivity index (χ2n) is 6.03. The number of rotatable bonds is 7. The van der Waals surface area contributed by atoms with Crippen LogP contribution < -0.4 is 20.7 Å². The first-order valence-electron chi connectivity index (χ1n) is 8.46. The van der Waals surface area contributed by atoms with E-state index in [1.165, 1.54) is 7.11 Å². The molecular formula is C19H20N6O3. The zero-order chi connectivity index (χ0) is 20.1. The number of nitrogens with zero attached hydrogens (tertiary/aromatic N) is 4. The number of hydrogen-bond donors (Lipinski definition) is 2. The molecule has 0 atom stereocenters. The molecule has 0 saturated heterocycles. The Hall–Kier alpha value is -3.88. The minimum Gasteiger partial charge on any atom is -0.495 e. The van der Waals surface area contributed by atoms with Gasteiger partial charge in [0.05, 0.1) is 17.7 Å². The standard InChI is InChI=1S/C19H20N6O3/c1-24(12-13-8-4-3-5-9-13)19-22-17(20)16(25(26)27)18(23-19)21-14-10-6-7-11-15(14)28-2/h3-11H,12H2,1-2H3,(H3,20,21,22,23). The summed E-state index contributed by atoms with van der Waals surface area (Å²) in [6.07, 6.45) is 0. The van der Waals surface area contributed by atoms with Gasteiger partial charge in [0.1, 0.15) is 5.75 Å². The van der Waals surface area contributed by atoms with Crippen molar-refractivity contribution in [2.75, 3.05) is 30.1 Å². The Morgan fingerprint density at radius 1 is 1.14 bits per heavy atom. The Balaban J connectivity index is 1.99. The van der Waals surface area contributed by atoms with E-state index in [0.717, 1.165) is 5.56 Å². The number of ether oxygens (including phenoxy) is 1. The van der Waals surface area contributed by atoms with Crippen molar-refractivity contribution in [3.63, 3.8) is 0 Å². The number of hydrogen-bond acceptors (Lipinski definition) is 8. The van der Waals surface area contributed by atoms with Crippen LogP contribution in [0.3, 0.4) is 0 Å². The molecule has 0 bridgehead atoms. The van der Waals surface area contributed by atoms with Crippen molar-refractivity contribution in [1.29, 1.82) is 0 Å². The first-order chi connectivity index (χ1) is 13.5. The molecule has 0 radical (unpaired) electrons. The van der Waals surface area contributed by atoms with Gasteiger partial charge in [-0.2, -0.15) is 9.97 Å². The van der Waals surface area contributed by atoms with Crippen molar-refractivity contribution < 1.29 is 9.66 Å². The van der Waals surface area contributed by atoms with Gasteiger partial charge >= 0.3 is 5.69 Å². The highest BCUT2D eigenvalue weighted by Crippen LogP contribution is 2.34. The Labute approximate surface area is 161 Å². The zero-order valence-corrected chi connectivity index (χ0v) is 15.5. The normalized spacial score (nSPS) is 10.4. The summed E-state index contributed by atoms with van der Waals surface area (Å²) >= 11 is 0. The lowest BCUT2D eigenvalue weighted by Gasteiger charge is -2.19. The molecule has 144 valence electrons. The maximum absolute atomic E-state index is 11.5. The van der Waals surface area contributed by atoms with E-state index in [1.807, 2.05) is 30.3 Å². The van der Waals surface area contributed by atoms with Crippen LogP contribution in [0, 0.1) is 10.1 Å². The highest BCUT2D eigenvalue weighted by Gasteiger charge is 2.25. The smallest absolute Gasteiger partial charge is 0.353 e. The van der Waals surface area contributed by atoms with Gasteiger partial charge in [0.25, 0.3) is 0 Å². The lowest BCUT2D eigenvalue weighted by molar-refractivity contribution is -0.383. The van der Waals surface area contributed by atoms with Crippen LogP contribution in [0.2, 0.25) is 0 Å². The van der Waals surface area contributed by atoms with Crippen molar-refractivity contribution in [2.45, 2.75) is 6.54 Å². The molecule has 0 fully saturated rings. The predicted octanol–water partition coefficient (Wildman–Crippen LogP) is 3.36. The summed E-state index contributed by atoms with van der Waals surface area (Å²) in [5, 5.41) is 14.5. The molecule has 1 heterocycles. The van der Waals surface area contributed by atoms with Crippen LogP contribution >= 0.6 is 0 Å². The molecule has 0 aliphatic rings. The van der Waals surface area contributed by atoms with E-state index in [0.29, 0.717) is 18.0 Å². The Bertz CT molecular complexity index is 981. The van der Waals surface area contributed by atoms with Gasteiger partial charge in [-0.1, -0.05) is 42.5 Å². The van der Waals surface area contributed by atoms with Crippen molar-refractivity contribution in [3.8, 4) is 5.75 Å². The highest BCUT2D eigenvalue weighted by atomic mass is 16.6. The fourth-order valence-electron chi connectivity index (χ4n) is 2.70. The number of aromatic nitrogens is 2. The molecule has 2 aromatic carbocycles. The third-order valence-corrected chi connectivity index (χ3v) is 4.05. The van der Waals surface area contributed by atoms with Crippen molar-refractivity contribution in [2.24, 2.45) is 0 Å². The fourth-order valence-corrected chi connectivity index (χ4v) is 2.70. The summed E-state index contributed by atoms with van der Waals surface area (Å²) in [5.41, 5.74) is 7.08. The van der Waals surface area contributed by atoms with E-state index in [2.05, 4.69) is 15.3 Å². The molecule has 28 heavy (non-hydrogen) atoms. The summed E-state index contributed by atoms with van der Waals surface area (Å²) in [6, 6.07) is 16.8.